The number of thioether (sulfide) groups is 1. The fourth-order valence-corrected chi connectivity index (χ4v) is 3.85. The highest BCUT2D eigenvalue weighted by molar-refractivity contribution is 7.99. The van der Waals surface area contributed by atoms with Crippen LogP contribution in [0, 0.1) is 5.92 Å². The standard InChI is InChI=1S/C12H24N2S/c1-3-12-8-14(10(2)6-13-12)7-11-4-5-15-9-11/h10-13H,3-9H2,1-2H3. The van der Waals surface area contributed by atoms with E-state index in [4.69, 9.17) is 0 Å². The summed E-state index contributed by atoms with van der Waals surface area (Å²) in [5.41, 5.74) is 0. The second-order valence-electron chi connectivity index (χ2n) is 5.05. The number of piperazine rings is 1. The van der Waals surface area contributed by atoms with E-state index in [1.165, 1.54) is 44.0 Å². The van der Waals surface area contributed by atoms with Gasteiger partial charge < -0.3 is 5.32 Å². The molecular weight excluding hydrogens is 204 g/mol. The van der Waals surface area contributed by atoms with Crippen LogP contribution in [0.5, 0.6) is 0 Å². The van der Waals surface area contributed by atoms with Crippen LogP contribution in [0.2, 0.25) is 0 Å². The van der Waals surface area contributed by atoms with Gasteiger partial charge in [-0.25, -0.2) is 0 Å². The molecule has 0 aliphatic carbocycles. The van der Waals surface area contributed by atoms with Gasteiger partial charge in [0.1, 0.15) is 0 Å². The largest absolute Gasteiger partial charge is 0.311 e. The minimum Gasteiger partial charge on any atom is -0.311 e. The molecule has 0 aromatic heterocycles. The van der Waals surface area contributed by atoms with Gasteiger partial charge in [0.25, 0.3) is 0 Å². The Hall–Kier alpha value is 0.270. The summed E-state index contributed by atoms with van der Waals surface area (Å²) in [5.74, 6) is 3.75. The van der Waals surface area contributed by atoms with Crippen molar-refractivity contribution in [3.63, 3.8) is 0 Å². The van der Waals surface area contributed by atoms with Crippen LogP contribution in [0.4, 0.5) is 0 Å². The Labute approximate surface area is 98.2 Å². The predicted octanol–water partition coefficient (Wildman–Crippen LogP) is 1.81. The molecule has 3 atom stereocenters. The second-order valence-corrected chi connectivity index (χ2v) is 6.20. The van der Waals surface area contributed by atoms with Crippen LogP contribution in [0.15, 0.2) is 0 Å². The van der Waals surface area contributed by atoms with Crippen molar-refractivity contribution >= 4 is 11.8 Å². The normalized spacial score (nSPS) is 38.4. The lowest BCUT2D eigenvalue weighted by Gasteiger charge is -2.39. The van der Waals surface area contributed by atoms with Crippen molar-refractivity contribution in [1.82, 2.24) is 10.2 Å². The van der Waals surface area contributed by atoms with Crippen molar-refractivity contribution in [2.45, 2.75) is 38.8 Å². The molecule has 2 heterocycles. The van der Waals surface area contributed by atoms with Crippen LogP contribution in [0.1, 0.15) is 26.7 Å². The van der Waals surface area contributed by atoms with Gasteiger partial charge in [-0.15, -0.1) is 0 Å². The Morgan fingerprint density at radius 1 is 1.47 bits per heavy atom. The third kappa shape index (κ3) is 3.11. The van der Waals surface area contributed by atoms with Crippen LogP contribution in [-0.4, -0.2) is 48.1 Å². The highest BCUT2D eigenvalue weighted by Crippen LogP contribution is 2.25. The van der Waals surface area contributed by atoms with E-state index >= 15 is 0 Å². The molecule has 2 saturated heterocycles. The molecule has 2 aliphatic rings. The van der Waals surface area contributed by atoms with Crippen molar-refractivity contribution in [2.24, 2.45) is 5.92 Å². The van der Waals surface area contributed by atoms with Crippen LogP contribution < -0.4 is 5.32 Å². The summed E-state index contributed by atoms with van der Waals surface area (Å²) in [4.78, 5) is 2.71. The SMILES string of the molecule is CCC1CN(CC2CCSC2)C(C)CN1. The van der Waals surface area contributed by atoms with Crippen molar-refractivity contribution < 1.29 is 0 Å². The lowest BCUT2D eigenvalue weighted by Crippen LogP contribution is -2.56. The first-order valence-electron chi connectivity index (χ1n) is 6.34. The molecule has 88 valence electrons. The van der Waals surface area contributed by atoms with Crippen molar-refractivity contribution in [3.05, 3.63) is 0 Å². The van der Waals surface area contributed by atoms with E-state index in [0.29, 0.717) is 0 Å². The first-order chi connectivity index (χ1) is 7.29. The molecule has 2 aliphatic heterocycles. The highest BCUT2D eigenvalue weighted by atomic mass is 32.2. The summed E-state index contributed by atoms with van der Waals surface area (Å²) >= 11 is 2.14. The highest BCUT2D eigenvalue weighted by Gasteiger charge is 2.27. The zero-order valence-electron chi connectivity index (χ0n) is 10.0. The van der Waals surface area contributed by atoms with Gasteiger partial charge in [0.2, 0.25) is 0 Å². The number of nitrogens with one attached hydrogen (secondary N) is 1. The van der Waals surface area contributed by atoms with E-state index < -0.39 is 0 Å². The average molecular weight is 228 g/mol. The molecule has 1 N–H and O–H groups in total. The second kappa shape index (κ2) is 5.55. The Morgan fingerprint density at radius 2 is 2.33 bits per heavy atom. The molecule has 2 fully saturated rings. The summed E-state index contributed by atoms with van der Waals surface area (Å²) < 4.78 is 0. The number of rotatable bonds is 3. The molecule has 0 aromatic carbocycles. The molecule has 3 unspecified atom stereocenters. The van der Waals surface area contributed by atoms with Gasteiger partial charge in [0.15, 0.2) is 0 Å². The summed E-state index contributed by atoms with van der Waals surface area (Å²) in [6, 6.07) is 1.47. The summed E-state index contributed by atoms with van der Waals surface area (Å²) in [5, 5.41) is 3.63. The molecule has 0 aromatic rings. The Balaban J connectivity index is 1.82. The molecule has 2 nitrogen and oxygen atoms in total. The van der Waals surface area contributed by atoms with Crippen molar-refractivity contribution in [2.75, 3.05) is 31.1 Å². The third-order valence-electron chi connectivity index (χ3n) is 3.79. The topological polar surface area (TPSA) is 15.3 Å². The van der Waals surface area contributed by atoms with E-state index in [0.717, 1.165) is 18.0 Å². The maximum Gasteiger partial charge on any atom is 0.0193 e. The van der Waals surface area contributed by atoms with E-state index in [2.05, 4.69) is 35.8 Å². The van der Waals surface area contributed by atoms with Crippen LogP contribution in [0.25, 0.3) is 0 Å². The smallest absolute Gasteiger partial charge is 0.0193 e. The van der Waals surface area contributed by atoms with Crippen molar-refractivity contribution in [1.29, 1.82) is 0 Å². The first-order valence-corrected chi connectivity index (χ1v) is 7.50. The fourth-order valence-electron chi connectivity index (χ4n) is 2.58. The Kier molecular flexibility index (Phi) is 4.35. The summed E-state index contributed by atoms with van der Waals surface area (Å²) in [6.45, 7) is 8.43. The minimum absolute atomic E-state index is 0.732. The Morgan fingerprint density at radius 3 is 3.00 bits per heavy atom. The molecule has 15 heavy (non-hydrogen) atoms. The van der Waals surface area contributed by atoms with Crippen LogP contribution >= 0.6 is 11.8 Å². The maximum atomic E-state index is 3.63. The first kappa shape index (κ1) is 11.7. The predicted molar refractivity (Wildman–Crippen MR) is 68.5 cm³/mol. The minimum atomic E-state index is 0.732. The van der Waals surface area contributed by atoms with E-state index in [1.807, 2.05) is 0 Å². The molecule has 0 radical (unpaired) electrons. The molecule has 0 saturated carbocycles. The fraction of sp³-hybridized carbons (Fsp3) is 1.00. The molecule has 0 amide bonds. The van der Waals surface area contributed by atoms with Gasteiger partial charge in [-0.1, -0.05) is 6.92 Å². The van der Waals surface area contributed by atoms with Gasteiger partial charge in [-0.3, -0.25) is 4.90 Å². The van der Waals surface area contributed by atoms with Gasteiger partial charge in [-0.2, -0.15) is 11.8 Å². The van der Waals surface area contributed by atoms with E-state index in [9.17, 15) is 0 Å². The van der Waals surface area contributed by atoms with Gasteiger partial charge in [-0.05, 0) is 37.2 Å². The van der Waals surface area contributed by atoms with Gasteiger partial charge in [0.05, 0.1) is 0 Å². The zero-order chi connectivity index (χ0) is 10.7. The maximum absolute atomic E-state index is 3.63. The molecular formula is C12H24N2S. The molecule has 3 heteroatoms. The van der Waals surface area contributed by atoms with Crippen LogP contribution in [0.3, 0.4) is 0 Å². The molecule has 2 rings (SSSR count). The number of hydrogen-bond acceptors (Lipinski definition) is 3. The monoisotopic (exact) mass is 228 g/mol. The number of hydrogen-bond donors (Lipinski definition) is 1. The third-order valence-corrected chi connectivity index (χ3v) is 5.02. The number of nitrogens with zero attached hydrogens (tertiary/aromatic N) is 1. The van der Waals surface area contributed by atoms with Crippen LogP contribution in [-0.2, 0) is 0 Å². The summed E-state index contributed by atoms with van der Waals surface area (Å²) in [7, 11) is 0. The summed E-state index contributed by atoms with van der Waals surface area (Å²) in [6.07, 6.45) is 2.71. The van der Waals surface area contributed by atoms with E-state index in [-0.39, 0.29) is 0 Å². The van der Waals surface area contributed by atoms with Gasteiger partial charge in [0, 0.05) is 31.7 Å². The average Bonchev–Trinajstić information content (AvgIpc) is 2.74. The lowest BCUT2D eigenvalue weighted by atomic mass is 10.0. The van der Waals surface area contributed by atoms with Gasteiger partial charge >= 0.3 is 0 Å². The Bertz CT molecular complexity index is 192. The van der Waals surface area contributed by atoms with Crippen molar-refractivity contribution in [3.8, 4) is 0 Å². The quantitative estimate of drug-likeness (QED) is 0.793. The molecule has 0 spiro atoms. The lowest BCUT2D eigenvalue weighted by molar-refractivity contribution is 0.122. The zero-order valence-corrected chi connectivity index (χ0v) is 10.9. The molecule has 0 bridgehead atoms. The van der Waals surface area contributed by atoms with E-state index in [1.54, 1.807) is 0 Å².